The van der Waals surface area contributed by atoms with Crippen LogP contribution in [0.1, 0.15) is 20.3 Å². The number of anilines is 1. The van der Waals surface area contributed by atoms with Gasteiger partial charge in [-0.05, 0) is 60.5 Å². The number of fused-ring (bicyclic) bond motifs is 1. The molecule has 1 aliphatic heterocycles. The van der Waals surface area contributed by atoms with Crippen LogP contribution in [0, 0.1) is 0 Å². The van der Waals surface area contributed by atoms with Gasteiger partial charge in [0.25, 0.3) is 0 Å². The lowest BCUT2D eigenvalue weighted by molar-refractivity contribution is -0.000282. The van der Waals surface area contributed by atoms with Crippen molar-refractivity contribution < 1.29 is 9.84 Å². The second-order valence-corrected chi connectivity index (χ2v) is 7.79. The van der Waals surface area contributed by atoms with Gasteiger partial charge in [-0.15, -0.1) is 23.7 Å². The van der Waals surface area contributed by atoms with Crippen molar-refractivity contribution in [2.45, 2.75) is 32.6 Å². The summed E-state index contributed by atoms with van der Waals surface area (Å²) in [6.45, 7) is 6.80. The predicted octanol–water partition coefficient (Wildman–Crippen LogP) is 4.29. The van der Waals surface area contributed by atoms with Crippen LogP contribution in [0.2, 0.25) is 0 Å². The van der Waals surface area contributed by atoms with Crippen molar-refractivity contribution in [3.63, 3.8) is 0 Å². The van der Waals surface area contributed by atoms with Crippen LogP contribution in [0.5, 0.6) is 5.75 Å². The van der Waals surface area contributed by atoms with Gasteiger partial charge in [0.15, 0.2) is 6.29 Å². The molecule has 28 heavy (non-hydrogen) atoms. The molecule has 0 bridgehead atoms. The van der Waals surface area contributed by atoms with Crippen LogP contribution in [0.3, 0.4) is 0 Å². The summed E-state index contributed by atoms with van der Waals surface area (Å²) in [6, 6.07) is 12.5. The van der Waals surface area contributed by atoms with E-state index in [0.29, 0.717) is 11.8 Å². The highest BCUT2D eigenvalue weighted by molar-refractivity contribution is 7.17. The fourth-order valence-electron chi connectivity index (χ4n) is 3.61. The fourth-order valence-corrected chi connectivity index (χ4v) is 4.49. The molecule has 7 heteroatoms. The summed E-state index contributed by atoms with van der Waals surface area (Å²) in [7, 11) is 0. The van der Waals surface area contributed by atoms with E-state index in [9.17, 15) is 5.11 Å². The van der Waals surface area contributed by atoms with E-state index in [2.05, 4.69) is 34.7 Å². The number of thiophene rings is 1. The van der Waals surface area contributed by atoms with Crippen LogP contribution >= 0.6 is 23.7 Å². The van der Waals surface area contributed by atoms with Gasteiger partial charge in [0.05, 0.1) is 10.4 Å². The molecule has 1 fully saturated rings. The zero-order valence-corrected chi connectivity index (χ0v) is 17.7. The zero-order chi connectivity index (χ0) is 18.8. The van der Waals surface area contributed by atoms with E-state index in [1.165, 1.54) is 10.1 Å². The van der Waals surface area contributed by atoms with Gasteiger partial charge < -0.3 is 20.1 Å². The molecule has 150 valence electrons. The lowest BCUT2D eigenvalue weighted by Crippen LogP contribution is -2.51. The predicted molar refractivity (Wildman–Crippen MR) is 119 cm³/mol. The van der Waals surface area contributed by atoms with Gasteiger partial charge in [0.2, 0.25) is 0 Å². The summed E-state index contributed by atoms with van der Waals surface area (Å²) in [5, 5.41) is 16.2. The van der Waals surface area contributed by atoms with E-state index < -0.39 is 6.29 Å². The van der Waals surface area contributed by atoms with Crippen LogP contribution < -0.4 is 15.0 Å². The molecule has 2 aromatic heterocycles. The van der Waals surface area contributed by atoms with E-state index in [4.69, 9.17) is 9.72 Å². The standard InChI is InChI=1S/C21H25N3O2S.ClH/c1-3-17-13-22-9-10-24(17)21-20-16(8-11-27-20)12-19(23-21)15-4-6-18(7-5-15)26-14(2)25;/h4-8,11-12,14,17,22,25H,3,9-10,13H2,1-2H3;1H. The summed E-state index contributed by atoms with van der Waals surface area (Å²) < 4.78 is 6.59. The SMILES string of the molecule is CCC1CNCCN1c1nc(-c2ccc(OC(C)O)cc2)cc2ccsc12.Cl. The number of hydrogen-bond donors (Lipinski definition) is 2. The Labute approximate surface area is 175 Å². The highest BCUT2D eigenvalue weighted by Gasteiger charge is 2.24. The van der Waals surface area contributed by atoms with Crippen molar-refractivity contribution in [2.75, 3.05) is 24.5 Å². The maximum Gasteiger partial charge on any atom is 0.194 e. The number of nitrogens with one attached hydrogen (secondary N) is 1. The third-order valence-electron chi connectivity index (χ3n) is 4.97. The Balaban J connectivity index is 0.00000225. The Hall–Kier alpha value is -1.86. The Kier molecular flexibility index (Phi) is 6.78. The van der Waals surface area contributed by atoms with Gasteiger partial charge in [-0.25, -0.2) is 4.98 Å². The zero-order valence-electron chi connectivity index (χ0n) is 16.1. The van der Waals surface area contributed by atoms with Crippen molar-refractivity contribution in [3.05, 3.63) is 41.8 Å². The van der Waals surface area contributed by atoms with Crippen LogP contribution in [0.25, 0.3) is 21.3 Å². The molecule has 2 unspecified atom stereocenters. The normalized spacial score (nSPS) is 18.0. The molecule has 2 atom stereocenters. The number of halogens is 1. The lowest BCUT2D eigenvalue weighted by Gasteiger charge is -2.37. The molecule has 1 aromatic carbocycles. The Morgan fingerprint density at radius 1 is 1.32 bits per heavy atom. The third kappa shape index (κ3) is 4.25. The van der Waals surface area contributed by atoms with Gasteiger partial charge in [-0.1, -0.05) is 6.92 Å². The smallest absolute Gasteiger partial charge is 0.194 e. The average Bonchev–Trinajstić information content (AvgIpc) is 3.16. The average molecular weight is 420 g/mol. The van der Waals surface area contributed by atoms with Crippen molar-refractivity contribution in [1.82, 2.24) is 10.3 Å². The third-order valence-corrected chi connectivity index (χ3v) is 5.89. The highest BCUT2D eigenvalue weighted by Crippen LogP contribution is 2.35. The summed E-state index contributed by atoms with van der Waals surface area (Å²) in [5.74, 6) is 1.74. The van der Waals surface area contributed by atoms with Crippen LogP contribution in [-0.4, -0.2) is 42.1 Å². The van der Waals surface area contributed by atoms with Crippen molar-refractivity contribution in [2.24, 2.45) is 0 Å². The molecular formula is C21H26ClN3O2S. The summed E-state index contributed by atoms with van der Waals surface area (Å²) in [6.07, 6.45) is 0.276. The van der Waals surface area contributed by atoms with E-state index in [1.807, 2.05) is 24.3 Å². The first-order valence-corrected chi connectivity index (χ1v) is 10.3. The lowest BCUT2D eigenvalue weighted by atomic mass is 10.1. The molecule has 0 spiro atoms. The van der Waals surface area contributed by atoms with E-state index in [-0.39, 0.29) is 12.4 Å². The summed E-state index contributed by atoms with van der Waals surface area (Å²) in [4.78, 5) is 7.54. The molecule has 0 amide bonds. The van der Waals surface area contributed by atoms with E-state index >= 15 is 0 Å². The first kappa shape index (κ1) is 20.9. The second kappa shape index (κ2) is 9.09. The number of benzene rings is 1. The molecule has 1 aliphatic rings. The monoisotopic (exact) mass is 419 g/mol. The molecule has 2 N–H and O–H groups in total. The minimum Gasteiger partial charge on any atom is -0.465 e. The van der Waals surface area contributed by atoms with Gasteiger partial charge in [-0.2, -0.15) is 0 Å². The van der Waals surface area contributed by atoms with Crippen molar-refractivity contribution in [3.8, 4) is 17.0 Å². The largest absolute Gasteiger partial charge is 0.465 e. The number of hydrogen-bond acceptors (Lipinski definition) is 6. The molecule has 3 heterocycles. The number of rotatable bonds is 5. The van der Waals surface area contributed by atoms with Gasteiger partial charge in [-0.3, -0.25) is 0 Å². The Morgan fingerprint density at radius 3 is 2.82 bits per heavy atom. The van der Waals surface area contributed by atoms with Gasteiger partial charge in [0.1, 0.15) is 11.6 Å². The molecule has 1 saturated heterocycles. The van der Waals surface area contributed by atoms with Crippen LogP contribution in [0.4, 0.5) is 5.82 Å². The quantitative estimate of drug-likeness (QED) is 0.604. The summed E-state index contributed by atoms with van der Waals surface area (Å²) >= 11 is 1.76. The number of ether oxygens (including phenoxy) is 1. The molecule has 5 nitrogen and oxygen atoms in total. The summed E-state index contributed by atoms with van der Waals surface area (Å²) in [5.41, 5.74) is 2.01. The topological polar surface area (TPSA) is 57.6 Å². The van der Waals surface area contributed by atoms with Crippen LogP contribution in [-0.2, 0) is 0 Å². The van der Waals surface area contributed by atoms with Gasteiger partial charge in [0, 0.05) is 31.2 Å². The maximum absolute atomic E-state index is 9.37. The minimum atomic E-state index is -0.818. The molecule has 0 saturated carbocycles. The number of aliphatic hydroxyl groups is 1. The van der Waals surface area contributed by atoms with E-state index in [0.717, 1.165) is 43.1 Å². The minimum absolute atomic E-state index is 0. The maximum atomic E-state index is 9.37. The number of nitrogens with zero attached hydrogens (tertiary/aromatic N) is 2. The first-order valence-electron chi connectivity index (χ1n) is 9.46. The number of piperazine rings is 1. The fraction of sp³-hybridized carbons (Fsp3) is 0.381. The number of aromatic nitrogens is 1. The Morgan fingerprint density at radius 2 is 2.11 bits per heavy atom. The number of pyridine rings is 1. The molecule has 0 aliphatic carbocycles. The Bertz CT molecular complexity index is 914. The van der Waals surface area contributed by atoms with Crippen LogP contribution in [0.15, 0.2) is 41.8 Å². The molecule has 0 radical (unpaired) electrons. The molecule has 4 rings (SSSR count). The highest BCUT2D eigenvalue weighted by atomic mass is 35.5. The molecule has 3 aromatic rings. The first-order chi connectivity index (χ1) is 13.2. The van der Waals surface area contributed by atoms with E-state index in [1.54, 1.807) is 18.3 Å². The molecular weight excluding hydrogens is 394 g/mol. The van der Waals surface area contributed by atoms with Crippen molar-refractivity contribution >= 4 is 39.6 Å². The van der Waals surface area contributed by atoms with Gasteiger partial charge >= 0.3 is 0 Å². The van der Waals surface area contributed by atoms with Crippen molar-refractivity contribution in [1.29, 1.82) is 0 Å². The second-order valence-electron chi connectivity index (χ2n) is 6.87. The number of aliphatic hydroxyl groups excluding tert-OH is 1.